The molecule has 0 spiro atoms. The molecule has 2 aromatic rings. The summed E-state index contributed by atoms with van der Waals surface area (Å²) in [4.78, 5) is 48.7. The van der Waals surface area contributed by atoms with E-state index in [4.69, 9.17) is 33.2 Å². The van der Waals surface area contributed by atoms with E-state index < -0.39 is 66.3 Å². The number of ether oxygens (including phenoxy) is 7. The third-order valence-electron chi connectivity index (χ3n) is 6.50. The molecular formula is C27H37N5O10. The summed E-state index contributed by atoms with van der Waals surface area (Å²) in [5.41, 5.74) is -2.34. The third-order valence-corrected chi connectivity index (χ3v) is 6.50. The van der Waals surface area contributed by atoms with Crippen molar-refractivity contribution in [2.45, 2.75) is 96.3 Å². The van der Waals surface area contributed by atoms with Gasteiger partial charge in [0.05, 0.1) is 30.3 Å². The number of aromatic nitrogens is 3. The van der Waals surface area contributed by atoms with Crippen molar-refractivity contribution in [1.82, 2.24) is 19.5 Å². The van der Waals surface area contributed by atoms with Crippen LogP contribution in [0.5, 0.6) is 0 Å². The number of carbonyl (C=O) groups excluding carboxylic acids is 3. The predicted molar refractivity (Wildman–Crippen MR) is 145 cm³/mol. The Hall–Kier alpha value is -4.14. The monoisotopic (exact) mass is 591 g/mol. The van der Waals surface area contributed by atoms with Crippen LogP contribution >= 0.6 is 0 Å². The van der Waals surface area contributed by atoms with Crippen LogP contribution in [-0.2, 0) is 33.2 Å². The maximum Gasteiger partial charge on any atom is 0.509 e. The van der Waals surface area contributed by atoms with E-state index in [1.807, 2.05) is 14.1 Å². The summed E-state index contributed by atoms with van der Waals surface area (Å²) < 4.78 is 40.8. The van der Waals surface area contributed by atoms with E-state index in [1.165, 1.54) is 10.8 Å². The van der Waals surface area contributed by atoms with Crippen LogP contribution < -0.4 is 0 Å². The molecule has 15 nitrogen and oxygen atoms in total. The zero-order chi connectivity index (χ0) is 31.0. The number of hydrogen-bond donors (Lipinski definition) is 0. The van der Waals surface area contributed by atoms with Crippen molar-refractivity contribution in [3.05, 3.63) is 24.2 Å². The van der Waals surface area contributed by atoms with Crippen LogP contribution in [0.15, 0.2) is 23.5 Å². The fraction of sp³-hybridized carbons (Fsp3) is 0.630. The number of aliphatic imine (C=N–C) groups is 1. The highest BCUT2D eigenvalue weighted by atomic mass is 16.8. The zero-order valence-corrected chi connectivity index (χ0v) is 25.1. The number of hydrogen-bond acceptors (Lipinski definition) is 13. The van der Waals surface area contributed by atoms with Gasteiger partial charge in [0.25, 0.3) is 0 Å². The Morgan fingerprint density at radius 3 is 2.17 bits per heavy atom. The van der Waals surface area contributed by atoms with Crippen LogP contribution in [-0.4, -0.2) is 100 Å². The number of rotatable bonds is 9. The van der Waals surface area contributed by atoms with Gasteiger partial charge in [0.1, 0.15) is 17.9 Å². The fourth-order valence-electron chi connectivity index (χ4n) is 4.88. The molecule has 0 radical (unpaired) electrons. The minimum atomic E-state index is -1.82. The van der Waals surface area contributed by atoms with Gasteiger partial charge in [-0.3, -0.25) is 0 Å². The zero-order valence-electron chi connectivity index (χ0n) is 25.1. The van der Waals surface area contributed by atoms with Crippen LogP contribution in [0.1, 0.15) is 60.3 Å². The largest absolute Gasteiger partial charge is 0.509 e. The average molecular weight is 592 g/mol. The summed E-state index contributed by atoms with van der Waals surface area (Å²) in [6.45, 7) is 11.5. The molecule has 0 bridgehead atoms. The first-order valence-electron chi connectivity index (χ1n) is 13.5. The Morgan fingerprint density at radius 1 is 0.976 bits per heavy atom. The Labute approximate surface area is 243 Å². The summed E-state index contributed by atoms with van der Waals surface area (Å²) in [6, 6.07) is 3.43. The second-order valence-electron chi connectivity index (χ2n) is 11.2. The molecule has 15 heteroatoms. The summed E-state index contributed by atoms with van der Waals surface area (Å²) in [6.07, 6.45) is -5.40. The summed E-state index contributed by atoms with van der Waals surface area (Å²) >= 11 is 0. The van der Waals surface area contributed by atoms with Crippen molar-refractivity contribution >= 4 is 36.1 Å². The number of fused-ring (bicyclic) bond motifs is 2. The number of nitrogens with zero attached hydrogens (tertiary/aromatic N) is 5. The molecule has 1 aliphatic carbocycles. The van der Waals surface area contributed by atoms with Gasteiger partial charge in [0, 0.05) is 14.1 Å². The van der Waals surface area contributed by atoms with E-state index in [2.05, 4.69) is 15.1 Å². The van der Waals surface area contributed by atoms with Crippen molar-refractivity contribution in [1.29, 1.82) is 0 Å². The number of carbonyl (C=O) groups is 3. The molecule has 3 heterocycles. The van der Waals surface area contributed by atoms with Gasteiger partial charge in [0.15, 0.2) is 23.6 Å². The van der Waals surface area contributed by atoms with E-state index in [-0.39, 0.29) is 0 Å². The maximum absolute atomic E-state index is 12.9. The average Bonchev–Trinajstić information content (AvgIpc) is 3.13. The fourth-order valence-corrected chi connectivity index (χ4v) is 4.88. The van der Waals surface area contributed by atoms with Crippen molar-refractivity contribution < 1.29 is 47.5 Å². The first-order chi connectivity index (χ1) is 19.7. The van der Waals surface area contributed by atoms with Gasteiger partial charge in [0.2, 0.25) is 5.60 Å². The van der Waals surface area contributed by atoms with Crippen molar-refractivity contribution in [2.75, 3.05) is 14.1 Å². The van der Waals surface area contributed by atoms with Gasteiger partial charge < -0.3 is 38.1 Å². The van der Waals surface area contributed by atoms with Gasteiger partial charge in [-0.2, -0.15) is 5.10 Å². The topological polar surface area (TPSA) is 162 Å². The maximum atomic E-state index is 12.9. The molecule has 0 amide bonds. The Bertz CT molecular complexity index is 1360. The SMILES string of the molecule is CC(C)OC(=O)OC1[C@@]2(C)O[C@@H](c3ccc4c(/N=C\N(C)C)ncnn34)[C@H](OC(=O)OC(C)C)[C@@]12OC(=O)OC(C)C. The van der Waals surface area contributed by atoms with Crippen LogP contribution in [0.2, 0.25) is 0 Å². The molecule has 4 rings (SSSR count). The lowest BCUT2D eigenvalue weighted by atomic mass is 10.0. The van der Waals surface area contributed by atoms with Gasteiger partial charge in [-0.25, -0.2) is 28.9 Å². The molecule has 0 aromatic carbocycles. The molecule has 2 aliphatic rings. The predicted octanol–water partition coefficient (Wildman–Crippen LogP) is 3.96. The van der Waals surface area contributed by atoms with Crippen LogP contribution in [0.25, 0.3) is 5.52 Å². The molecule has 1 unspecified atom stereocenters. The molecule has 1 aliphatic heterocycles. The van der Waals surface area contributed by atoms with E-state index in [0.717, 1.165) is 0 Å². The molecule has 230 valence electrons. The molecule has 1 saturated heterocycles. The Morgan fingerprint density at radius 2 is 1.57 bits per heavy atom. The Balaban J connectivity index is 1.79. The van der Waals surface area contributed by atoms with Crippen LogP contribution in [0, 0.1) is 0 Å². The Kier molecular flexibility index (Phi) is 8.53. The molecule has 42 heavy (non-hydrogen) atoms. The van der Waals surface area contributed by atoms with Gasteiger partial charge in [-0.1, -0.05) is 0 Å². The normalized spacial score (nSPS) is 26.4. The van der Waals surface area contributed by atoms with Gasteiger partial charge in [-0.05, 0) is 60.6 Å². The molecular weight excluding hydrogens is 554 g/mol. The lowest BCUT2D eigenvalue weighted by Gasteiger charge is -2.28. The first kappa shape index (κ1) is 30.8. The highest BCUT2D eigenvalue weighted by molar-refractivity contribution is 5.71. The van der Waals surface area contributed by atoms with E-state index >= 15 is 0 Å². The molecule has 0 N–H and O–H groups in total. The summed E-state index contributed by atoms with van der Waals surface area (Å²) in [7, 11) is 3.64. The smallest absolute Gasteiger partial charge is 0.432 e. The molecule has 1 saturated carbocycles. The van der Waals surface area contributed by atoms with E-state index in [1.54, 1.807) is 71.8 Å². The van der Waals surface area contributed by atoms with Crippen molar-refractivity contribution in [3.63, 3.8) is 0 Å². The highest BCUT2D eigenvalue weighted by Gasteiger charge is 2.92. The van der Waals surface area contributed by atoms with Gasteiger partial charge >= 0.3 is 18.5 Å². The summed E-state index contributed by atoms with van der Waals surface area (Å²) in [5, 5.41) is 4.35. The first-order valence-corrected chi connectivity index (χ1v) is 13.5. The minimum Gasteiger partial charge on any atom is -0.432 e. The lowest BCUT2D eigenvalue weighted by Crippen LogP contribution is -2.44. The van der Waals surface area contributed by atoms with Gasteiger partial charge in [-0.15, -0.1) is 0 Å². The highest BCUT2D eigenvalue weighted by Crippen LogP contribution is 2.68. The van der Waals surface area contributed by atoms with E-state index in [0.29, 0.717) is 17.0 Å². The van der Waals surface area contributed by atoms with Crippen LogP contribution in [0.4, 0.5) is 20.2 Å². The second-order valence-corrected chi connectivity index (χ2v) is 11.2. The standard InChI is InChI=1S/C27H37N5O10/c1-14(2)36-23(33)39-20-19(17-10-11-18-21(29-13-31(8)9)28-12-30-32(17)18)41-26(7)22(40-24(34)37-15(3)4)27(20,26)42-25(35)38-16(5)6/h10-16,19-20,22H,1-9H3/b29-13-/t19-,20-,22?,26+,27+/m0/s1. The third kappa shape index (κ3) is 5.78. The van der Waals surface area contributed by atoms with Crippen LogP contribution in [0.3, 0.4) is 0 Å². The van der Waals surface area contributed by atoms with Crippen molar-refractivity contribution in [2.24, 2.45) is 4.99 Å². The lowest BCUT2D eigenvalue weighted by molar-refractivity contribution is -0.117. The quantitative estimate of drug-likeness (QED) is 0.178. The minimum absolute atomic E-state index is 0.375. The molecule has 5 atom stereocenters. The van der Waals surface area contributed by atoms with Crippen molar-refractivity contribution in [3.8, 4) is 0 Å². The summed E-state index contributed by atoms with van der Waals surface area (Å²) in [5.74, 6) is 0.375. The molecule has 2 aromatic heterocycles. The molecule has 2 fully saturated rings. The second kappa shape index (κ2) is 11.6. The van der Waals surface area contributed by atoms with E-state index in [9.17, 15) is 14.4 Å².